The zero-order chi connectivity index (χ0) is 21.3. The zero-order valence-electron chi connectivity index (χ0n) is 14.9. The number of phosphoric acid groups is 1. The number of aromatic nitrogens is 1. The number of aliphatic imine (C=N–C) groups is 1. The van der Waals surface area contributed by atoms with Crippen LogP contribution in [-0.4, -0.2) is 38.7 Å². The van der Waals surface area contributed by atoms with Gasteiger partial charge in [-0.05, 0) is 19.1 Å². The van der Waals surface area contributed by atoms with Crippen LogP contribution in [0.25, 0.3) is 0 Å². The molecule has 0 radical (unpaired) electrons. The third-order valence-electron chi connectivity index (χ3n) is 3.89. The highest BCUT2D eigenvalue weighted by molar-refractivity contribution is 7.46. The van der Waals surface area contributed by atoms with E-state index in [2.05, 4.69) is 9.98 Å². The lowest BCUT2D eigenvalue weighted by atomic mass is 9.95. The maximum atomic E-state index is 13.5. The highest BCUT2D eigenvalue weighted by atomic mass is 35.5. The van der Waals surface area contributed by atoms with Crippen molar-refractivity contribution >= 4 is 42.6 Å². The lowest BCUT2D eigenvalue weighted by Gasteiger charge is -2.32. The number of ether oxygens (including phenoxy) is 1. The molecule has 0 amide bonds. The minimum absolute atomic E-state index is 0.00534. The monoisotopic (exact) mass is 461 g/mol. The Bertz CT molecular complexity index is 1050. The smallest absolute Gasteiger partial charge is 0.466 e. The molecule has 2 heterocycles. The van der Waals surface area contributed by atoms with E-state index in [-0.39, 0.29) is 32.7 Å². The van der Waals surface area contributed by atoms with E-state index >= 15 is 0 Å². The van der Waals surface area contributed by atoms with Gasteiger partial charge in [0, 0.05) is 22.2 Å². The largest absolute Gasteiger partial charge is 0.491 e. The zero-order valence-corrected chi connectivity index (χ0v) is 17.4. The number of rotatable bonds is 5. The molecular formula is C16H14ClFN3O6PS. The first-order valence-electron chi connectivity index (χ1n) is 7.89. The standard InChI is InChI=1S/C16H14ClFN3O6PS/c1-8-12(16(22)26-2)13(10-4-3-9(18)7-11(10)17)20-14(15-19-5-6-29-15)21(8)27-28(23,24)25/h3-7,13H,1-2H3,(H2,23,24,25)/t13-/m0/s1. The highest BCUT2D eigenvalue weighted by Crippen LogP contribution is 2.44. The Kier molecular flexibility index (Phi) is 6.18. The highest BCUT2D eigenvalue weighted by Gasteiger charge is 2.39. The number of halogens is 2. The van der Waals surface area contributed by atoms with E-state index in [9.17, 15) is 23.5 Å². The minimum atomic E-state index is -5.02. The van der Waals surface area contributed by atoms with Gasteiger partial charge in [-0.2, -0.15) is 9.69 Å². The molecule has 1 atom stereocenters. The topological polar surface area (TPSA) is 122 Å². The van der Waals surface area contributed by atoms with Crippen LogP contribution in [-0.2, 0) is 18.7 Å². The molecule has 2 N–H and O–H groups in total. The van der Waals surface area contributed by atoms with Gasteiger partial charge in [0.2, 0.25) is 0 Å². The van der Waals surface area contributed by atoms with Crippen molar-refractivity contribution in [2.75, 3.05) is 7.11 Å². The number of methoxy groups -OCH3 is 1. The lowest BCUT2D eigenvalue weighted by molar-refractivity contribution is -0.137. The van der Waals surface area contributed by atoms with Crippen LogP contribution < -0.4 is 0 Å². The Morgan fingerprint density at radius 1 is 1.41 bits per heavy atom. The molecule has 1 aliphatic rings. The second-order valence-electron chi connectivity index (χ2n) is 5.72. The Balaban J connectivity index is 2.25. The summed E-state index contributed by atoms with van der Waals surface area (Å²) in [5, 5.41) is 2.64. The van der Waals surface area contributed by atoms with Crippen molar-refractivity contribution in [1.82, 2.24) is 10.0 Å². The number of esters is 1. The molecule has 0 spiro atoms. The number of nitrogens with zero attached hydrogens (tertiary/aromatic N) is 3. The van der Waals surface area contributed by atoms with Crippen molar-refractivity contribution in [2.24, 2.45) is 4.99 Å². The minimum Gasteiger partial charge on any atom is -0.466 e. The molecule has 1 aliphatic heterocycles. The Labute approximate surface area is 173 Å². The number of amidine groups is 1. The van der Waals surface area contributed by atoms with Gasteiger partial charge in [-0.3, -0.25) is 4.99 Å². The molecule has 154 valence electrons. The van der Waals surface area contributed by atoms with Crippen LogP contribution in [0.4, 0.5) is 4.39 Å². The molecule has 9 nitrogen and oxygen atoms in total. The summed E-state index contributed by atoms with van der Waals surface area (Å²) in [4.78, 5) is 39.6. The Morgan fingerprint density at radius 3 is 2.69 bits per heavy atom. The number of hydrogen-bond acceptors (Lipinski definition) is 8. The number of benzene rings is 1. The van der Waals surface area contributed by atoms with Crippen molar-refractivity contribution in [1.29, 1.82) is 0 Å². The Morgan fingerprint density at radius 2 is 2.14 bits per heavy atom. The van der Waals surface area contributed by atoms with E-state index in [1.165, 1.54) is 19.2 Å². The molecule has 29 heavy (non-hydrogen) atoms. The first-order valence-corrected chi connectivity index (χ1v) is 10.7. The van der Waals surface area contributed by atoms with E-state index in [0.717, 1.165) is 35.6 Å². The molecule has 13 heteroatoms. The third kappa shape index (κ3) is 4.55. The van der Waals surface area contributed by atoms with Crippen molar-refractivity contribution in [2.45, 2.75) is 13.0 Å². The predicted octanol–water partition coefficient (Wildman–Crippen LogP) is 3.21. The number of carbonyl (C=O) groups excluding carboxylic acids is 1. The molecule has 0 saturated carbocycles. The quantitative estimate of drug-likeness (QED) is 0.514. The van der Waals surface area contributed by atoms with Gasteiger partial charge in [-0.1, -0.05) is 17.7 Å². The molecule has 0 aliphatic carbocycles. The second-order valence-corrected chi connectivity index (χ2v) is 8.16. The van der Waals surface area contributed by atoms with E-state index in [4.69, 9.17) is 21.0 Å². The molecule has 0 saturated heterocycles. The third-order valence-corrected chi connectivity index (χ3v) is 5.36. The average Bonchev–Trinajstić information content (AvgIpc) is 3.16. The molecule has 3 rings (SSSR count). The van der Waals surface area contributed by atoms with Crippen LogP contribution in [0.1, 0.15) is 23.5 Å². The van der Waals surface area contributed by atoms with Crippen LogP contribution in [0.5, 0.6) is 0 Å². The van der Waals surface area contributed by atoms with Crippen LogP contribution in [0, 0.1) is 5.82 Å². The molecular weight excluding hydrogens is 448 g/mol. The number of thiazole rings is 1. The van der Waals surface area contributed by atoms with Gasteiger partial charge in [-0.25, -0.2) is 18.7 Å². The van der Waals surface area contributed by atoms with Crippen LogP contribution in [0.2, 0.25) is 5.02 Å². The summed E-state index contributed by atoms with van der Waals surface area (Å²) in [6, 6.07) is 2.54. The van der Waals surface area contributed by atoms with Crippen LogP contribution >= 0.6 is 30.8 Å². The van der Waals surface area contributed by atoms with Gasteiger partial charge < -0.3 is 14.5 Å². The molecule has 1 aromatic heterocycles. The first-order chi connectivity index (χ1) is 13.6. The maximum absolute atomic E-state index is 13.5. The summed E-state index contributed by atoms with van der Waals surface area (Å²) < 4.78 is 34.6. The van der Waals surface area contributed by atoms with E-state index in [1.54, 1.807) is 5.38 Å². The Hall–Kier alpha value is -2.14. The number of carbonyl (C=O) groups is 1. The van der Waals surface area contributed by atoms with Gasteiger partial charge >= 0.3 is 13.8 Å². The summed E-state index contributed by atoms with van der Waals surface area (Å²) >= 11 is 7.31. The molecule has 1 aromatic carbocycles. The van der Waals surface area contributed by atoms with Gasteiger partial charge in [-0.15, -0.1) is 11.3 Å². The van der Waals surface area contributed by atoms with E-state index < -0.39 is 25.7 Å². The SMILES string of the molecule is COC(=O)C1=C(C)N(OP(=O)(O)O)C(c2nccs2)=N[C@H]1c1ccc(F)cc1Cl. The summed E-state index contributed by atoms with van der Waals surface area (Å²) in [6.45, 7) is 1.40. The summed E-state index contributed by atoms with van der Waals surface area (Å²) in [5.74, 6) is -1.46. The van der Waals surface area contributed by atoms with Crippen LogP contribution in [0.3, 0.4) is 0 Å². The first kappa shape index (κ1) is 21.6. The van der Waals surface area contributed by atoms with Crippen molar-refractivity contribution in [3.8, 4) is 0 Å². The predicted molar refractivity (Wildman–Crippen MR) is 102 cm³/mol. The summed E-state index contributed by atoms with van der Waals surface area (Å²) in [6.07, 6.45) is 1.47. The van der Waals surface area contributed by atoms with Gasteiger partial charge in [0.05, 0.1) is 18.4 Å². The number of allylic oxidation sites excluding steroid dienone is 1. The van der Waals surface area contributed by atoms with Gasteiger partial charge in [0.15, 0.2) is 10.8 Å². The molecule has 2 aromatic rings. The fraction of sp³-hybridized carbons (Fsp3) is 0.188. The number of hydrogen-bond donors (Lipinski definition) is 2. The summed E-state index contributed by atoms with van der Waals surface area (Å²) in [7, 11) is -3.88. The van der Waals surface area contributed by atoms with Gasteiger partial charge in [0.1, 0.15) is 11.9 Å². The molecule has 0 bridgehead atoms. The van der Waals surface area contributed by atoms with E-state index in [1.807, 2.05) is 0 Å². The molecule has 0 unspecified atom stereocenters. The number of hydroxylamine groups is 2. The second kappa shape index (κ2) is 8.31. The molecule has 0 fully saturated rings. The van der Waals surface area contributed by atoms with Crippen molar-refractivity contribution in [3.63, 3.8) is 0 Å². The fourth-order valence-electron chi connectivity index (χ4n) is 2.71. The summed E-state index contributed by atoms with van der Waals surface area (Å²) in [5.41, 5.74) is 0.207. The van der Waals surface area contributed by atoms with Crippen molar-refractivity contribution in [3.05, 3.63) is 62.5 Å². The normalized spacial score (nSPS) is 17.4. The fourth-order valence-corrected chi connectivity index (χ4v) is 4.00. The lowest BCUT2D eigenvalue weighted by Crippen LogP contribution is -2.36. The van der Waals surface area contributed by atoms with E-state index in [0.29, 0.717) is 0 Å². The van der Waals surface area contributed by atoms with Crippen molar-refractivity contribution < 1.29 is 32.9 Å². The maximum Gasteiger partial charge on any atom is 0.491 e. The average molecular weight is 462 g/mol. The van der Waals surface area contributed by atoms with Gasteiger partial charge in [0.25, 0.3) is 0 Å². The van der Waals surface area contributed by atoms with Crippen LogP contribution in [0.15, 0.2) is 46.0 Å².